The first-order valence-corrected chi connectivity index (χ1v) is 9.87. The molecule has 3 nitrogen and oxygen atoms in total. The van der Waals surface area contributed by atoms with Crippen LogP contribution in [0, 0.1) is 6.92 Å². The fourth-order valence-electron chi connectivity index (χ4n) is 3.33. The summed E-state index contributed by atoms with van der Waals surface area (Å²) in [6, 6.07) is 8.40. The van der Waals surface area contributed by atoms with Crippen molar-refractivity contribution in [1.29, 1.82) is 0 Å². The van der Waals surface area contributed by atoms with E-state index in [-0.39, 0.29) is 12.1 Å². The summed E-state index contributed by atoms with van der Waals surface area (Å²) in [6.07, 6.45) is 3.87. The molecule has 0 spiro atoms. The van der Waals surface area contributed by atoms with E-state index in [4.69, 9.17) is 0 Å². The van der Waals surface area contributed by atoms with Crippen molar-refractivity contribution in [3.8, 4) is 0 Å². The summed E-state index contributed by atoms with van der Waals surface area (Å²) in [5.41, 5.74) is 0. The van der Waals surface area contributed by atoms with Crippen LogP contribution in [0.15, 0.2) is 24.3 Å². The summed E-state index contributed by atoms with van der Waals surface area (Å²) < 4.78 is 0. The smallest absolute Gasteiger partial charge is 0.320 e. The molecular weight excluding hydrogens is 326 g/mol. The average molecular weight is 350 g/mol. The molecule has 0 aliphatic carbocycles. The molecule has 3 heterocycles. The van der Waals surface area contributed by atoms with Gasteiger partial charge in [0, 0.05) is 19.5 Å². The summed E-state index contributed by atoms with van der Waals surface area (Å²) in [4.78, 5) is 19.2. The van der Waals surface area contributed by atoms with Crippen LogP contribution in [0.4, 0.5) is 0 Å². The number of hydrogen-bond acceptors (Lipinski definition) is 4. The molecule has 2 atom stereocenters. The van der Waals surface area contributed by atoms with Crippen molar-refractivity contribution in [2.45, 2.75) is 51.6 Å². The van der Waals surface area contributed by atoms with Gasteiger partial charge in [-0.25, -0.2) is 0 Å². The molecule has 0 bridgehead atoms. The molecule has 0 amide bonds. The maximum Gasteiger partial charge on any atom is 0.320 e. The zero-order chi connectivity index (χ0) is 16.4. The van der Waals surface area contributed by atoms with Crippen molar-refractivity contribution >= 4 is 28.6 Å². The first-order valence-electron chi connectivity index (χ1n) is 8.23. The number of thiophene rings is 2. The summed E-state index contributed by atoms with van der Waals surface area (Å²) in [5.74, 6) is -0.685. The zero-order valence-electron chi connectivity index (χ0n) is 13.6. The fraction of sp³-hybridized carbons (Fsp3) is 0.500. The monoisotopic (exact) mass is 349 g/mol. The number of likely N-dealkylation sites (tertiary alicyclic amines) is 1. The molecule has 1 aliphatic heterocycles. The van der Waals surface area contributed by atoms with E-state index in [2.05, 4.69) is 43.0 Å². The van der Waals surface area contributed by atoms with Crippen LogP contribution in [0.1, 0.15) is 51.7 Å². The van der Waals surface area contributed by atoms with E-state index < -0.39 is 5.97 Å². The van der Waals surface area contributed by atoms with Crippen LogP contribution in [0.3, 0.4) is 0 Å². The van der Waals surface area contributed by atoms with Gasteiger partial charge in [-0.3, -0.25) is 9.69 Å². The lowest BCUT2D eigenvalue weighted by molar-refractivity contribution is -0.145. The Labute approximate surface area is 145 Å². The highest BCUT2D eigenvalue weighted by Crippen LogP contribution is 2.40. The topological polar surface area (TPSA) is 40.5 Å². The lowest BCUT2D eigenvalue weighted by Gasteiger charge is -2.38. The molecule has 0 aromatic carbocycles. The number of aliphatic carboxylic acids is 1. The predicted molar refractivity (Wildman–Crippen MR) is 96.6 cm³/mol. The number of nitrogens with zero attached hydrogens (tertiary/aromatic N) is 1. The second-order valence-electron chi connectivity index (χ2n) is 6.10. The molecule has 1 saturated heterocycles. The Morgan fingerprint density at radius 2 is 2.00 bits per heavy atom. The second-order valence-corrected chi connectivity index (χ2v) is 8.62. The molecule has 1 aliphatic rings. The minimum atomic E-state index is -0.685. The highest BCUT2D eigenvalue weighted by Gasteiger charge is 2.36. The Morgan fingerprint density at radius 1 is 1.26 bits per heavy atom. The summed E-state index contributed by atoms with van der Waals surface area (Å²) in [7, 11) is 0. The zero-order valence-corrected chi connectivity index (χ0v) is 15.3. The molecular formula is C18H23NO2S2. The third-order valence-electron chi connectivity index (χ3n) is 4.49. The number of carboxylic acids is 1. The average Bonchev–Trinajstić information content (AvgIpc) is 3.17. The van der Waals surface area contributed by atoms with E-state index in [9.17, 15) is 9.90 Å². The molecule has 3 rings (SSSR count). The summed E-state index contributed by atoms with van der Waals surface area (Å²) in [6.45, 7) is 5.14. The van der Waals surface area contributed by atoms with Gasteiger partial charge in [0.2, 0.25) is 0 Å². The highest BCUT2D eigenvalue weighted by atomic mass is 32.1. The molecule has 124 valence electrons. The first-order chi connectivity index (χ1) is 11.1. The normalized spacial score (nSPS) is 20.5. The van der Waals surface area contributed by atoms with Crippen molar-refractivity contribution < 1.29 is 9.90 Å². The van der Waals surface area contributed by atoms with Crippen molar-refractivity contribution in [3.63, 3.8) is 0 Å². The van der Waals surface area contributed by atoms with Gasteiger partial charge in [0.15, 0.2) is 0 Å². The molecule has 2 aromatic heterocycles. The number of hydrogen-bond donors (Lipinski definition) is 1. The van der Waals surface area contributed by atoms with Crippen LogP contribution < -0.4 is 0 Å². The Bertz CT molecular complexity index is 676. The van der Waals surface area contributed by atoms with E-state index in [1.807, 2.05) is 11.3 Å². The van der Waals surface area contributed by atoms with Gasteiger partial charge in [0.25, 0.3) is 0 Å². The Hall–Kier alpha value is -1.17. The molecule has 1 fully saturated rings. The third-order valence-corrected chi connectivity index (χ3v) is 6.83. The minimum absolute atomic E-state index is 0.0837. The lowest BCUT2D eigenvalue weighted by atomic mass is 9.98. The molecule has 0 radical (unpaired) electrons. The third kappa shape index (κ3) is 3.52. The van der Waals surface area contributed by atoms with Gasteiger partial charge < -0.3 is 5.11 Å². The van der Waals surface area contributed by atoms with Crippen molar-refractivity contribution in [1.82, 2.24) is 4.90 Å². The largest absolute Gasteiger partial charge is 0.480 e. The van der Waals surface area contributed by atoms with Gasteiger partial charge in [-0.05, 0) is 57.0 Å². The molecule has 23 heavy (non-hydrogen) atoms. The van der Waals surface area contributed by atoms with Crippen LogP contribution in [0.2, 0.25) is 0 Å². The van der Waals surface area contributed by atoms with Gasteiger partial charge >= 0.3 is 5.97 Å². The summed E-state index contributed by atoms with van der Waals surface area (Å²) in [5, 5.41) is 9.67. The van der Waals surface area contributed by atoms with E-state index in [0.29, 0.717) is 0 Å². The van der Waals surface area contributed by atoms with Crippen molar-refractivity contribution in [2.24, 2.45) is 0 Å². The number of aryl methyl sites for hydroxylation is 2. The maximum atomic E-state index is 11.8. The number of carboxylic acid groups (broad SMARTS) is 1. The number of carbonyl (C=O) groups is 1. The standard InChI is InChI=1S/C18H23NO2S2/c1-3-13-8-10-16(23-13)17(15-9-7-12(2)22-15)19-11-5-4-6-14(19)18(20)21/h7-10,14,17H,3-6,11H2,1-2H3,(H,20,21). The van der Waals surface area contributed by atoms with E-state index in [1.165, 1.54) is 19.5 Å². The van der Waals surface area contributed by atoms with Crippen LogP contribution in [-0.2, 0) is 11.2 Å². The summed E-state index contributed by atoms with van der Waals surface area (Å²) >= 11 is 3.61. The molecule has 1 N–H and O–H groups in total. The van der Waals surface area contributed by atoms with Gasteiger partial charge in [0.1, 0.15) is 6.04 Å². The highest BCUT2D eigenvalue weighted by molar-refractivity contribution is 7.13. The number of rotatable bonds is 5. The van der Waals surface area contributed by atoms with E-state index in [0.717, 1.165) is 32.2 Å². The maximum absolute atomic E-state index is 11.8. The van der Waals surface area contributed by atoms with Crippen LogP contribution in [-0.4, -0.2) is 28.6 Å². The van der Waals surface area contributed by atoms with Gasteiger partial charge in [-0.2, -0.15) is 0 Å². The van der Waals surface area contributed by atoms with Gasteiger partial charge in [-0.1, -0.05) is 13.3 Å². The minimum Gasteiger partial charge on any atom is -0.480 e. The first kappa shape index (κ1) is 16.7. The molecule has 5 heteroatoms. The van der Waals surface area contributed by atoms with Crippen LogP contribution in [0.5, 0.6) is 0 Å². The fourth-order valence-corrected chi connectivity index (χ4v) is 5.51. The second kappa shape index (κ2) is 7.16. The SMILES string of the molecule is CCc1ccc(C(c2ccc(C)s2)N2CCCCC2C(=O)O)s1. The Balaban J connectivity index is 2.01. The van der Waals surface area contributed by atoms with Crippen molar-refractivity contribution in [3.05, 3.63) is 43.8 Å². The van der Waals surface area contributed by atoms with E-state index >= 15 is 0 Å². The van der Waals surface area contributed by atoms with Gasteiger partial charge in [-0.15, -0.1) is 22.7 Å². The van der Waals surface area contributed by atoms with Crippen LogP contribution >= 0.6 is 22.7 Å². The van der Waals surface area contributed by atoms with Crippen molar-refractivity contribution in [2.75, 3.05) is 6.54 Å². The molecule has 2 aromatic rings. The van der Waals surface area contributed by atoms with Crippen LogP contribution in [0.25, 0.3) is 0 Å². The Morgan fingerprint density at radius 3 is 2.61 bits per heavy atom. The number of piperidine rings is 1. The molecule has 2 unspecified atom stereocenters. The van der Waals surface area contributed by atoms with E-state index in [1.54, 1.807) is 11.3 Å². The lowest BCUT2D eigenvalue weighted by Crippen LogP contribution is -2.46. The predicted octanol–water partition coefficient (Wildman–Crippen LogP) is 4.71. The molecule has 0 saturated carbocycles. The van der Waals surface area contributed by atoms with Gasteiger partial charge in [0.05, 0.1) is 6.04 Å². The Kier molecular flexibility index (Phi) is 5.19. The quantitative estimate of drug-likeness (QED) is 0.850.